The van der Waals surface area contributed by atoms with Crippen LogP contribution in [0.25, 0.3) is 15.9 Å². The fraction of sp³-hybridized carbons (Fsp3) is 0.133. The molecule has 3 heterocycles. The summed E-state index contributed by atoms with van der Waals surface area (Å²) < 4.78 is 4.21. The van der Waals surface area contributed by atoms with Gasteiger partial charge in [0.1, 0.15) is 0 Å². The summed E-state index contributed by atoms with van der Waals surface area (Å²) in [5.41, 5.74) is 3.14. The summed E-state index contributed by atoms with van der Waals surface area (Å²) in [6.45, 7) is 0.814. The summed E-state index contributed by atoms with van der Waals surface area (Å²) in [7, 11) is 0. The van der Waals surface area contributed by atoms with Crippen molar-refractivity contribution >= 4 is 27.2 Å². The van der Waals surface area contributed by atoms with E-state index in [9.17, 15) is 5.11 Å². The lowest BCUT2D eigenvalue weighted by atomic mass is 10.1. The number of rotatable bonds is 3. The summed E-state index contributed by atoms with van der Waals surface area (Å²) in [4.78, 5) is 5.63. The molecule has 0 aliphatic heterocycles. The lowest BCUT2D eigenvalue weighted by molar-refractivity contribution is 0.283. The highest BCUT2D eigenvalue weighted by Crippen LogP contribution is 2.21. The highest BCUT2D eigenvalue weighted by Gasteiger charge is 2.07. The van der Waals surface area contributed by atoms with Crippen molar-refractivity contribution in [1.82, 2.24) is 14.0 Å². The topological polar surface area (TPSA) is 42.5 Å². The van der Waals surface area contributed by atoms with E-state index in [4.69, 9.17) is 0 Å². The summed E-state index contributed by atoms with van der Waals surface area (Å²) >= 11 is 1.64. The molecule has 4 rings (SSSR count). The minimum absolute atomic E-state index is 0.0710. The Morgan fingerprint density at radius 2 is 2.15 bits per heavy atom. The van der Waals surface area contributed by atoms with Crippen LogP contribution in [0.5, 0.6) is 0 Å². The monoisotopic (exact) mass is 283 g/mol. The van der Waals surface area contributed by atoms with Crippen LogP contribution in [0.2, 0.25) is 0 Å². The van der Waals surface area contributed by atoms with Gasteiger partial charge in [-0.25, -0.2) is 4.98 Å². The molecule has 0 aliphatic carbocycles. The number of fused-ring (bicyclic) bond motifs is 2. The summed E-state index contributed by atoms with van der Waals surface area (Å²) in [5, 5.41) is 12.5. The van der Waals surface area contributed by atoms with Crippen LogP contribution in [0, 0.1) is 0 Å². The first-order chi connectivity index (χ1) is 9.85. The van der Waals surface area contributed by atoms with Gasteiger partial charge < -0.3 is 9.67 Å². The van der Waals surface area contributed by atoms with Gasteiger partial charge >= 0.3 is 0 Å². The molecule has 0 amide bonds. The van der Waals surface area contributed by atoms with Crippen LogP contribution in [0.4, 0.5) is 0 Å². The molecule has 20 heavy (non-hydrogen) atoms. The quantitative estimate of drug-likeness (QED) is 0.628. The zero-order chi connectivity index (χ0) is 13.5. The lowest BCUT2D eigenvalue weighted by Crippen LogP contribution is -1.98. The first-order valence-corrected chi connectivity index (χ1v) is 7.32. The van der Waals surface area contributed by atoms with Gasteiger partial charge in [0.25, 0.3) is 0 Å². The zero-order valence-electron chi connectivity index (χ0n) is 10.7. The van der Waals surface area contributed by atoms with Gasteiger partial charge in [-0.3, -0.25) is 4.40 Å². The van der Waals surface area contributed by atoms with E-state index in [0.717, 1.165) is 33.7 Å². The Bertz CT molecular complexity index is 858. The lowest BCUT2D eigenvalue weighted by Gasteiger charge is -2.04. The van der Waals surface area contributed by atoms with Gasteiger partial charge in [-0.1, -0.05) is 12.1 Å². The molecule has 0 atom stereocenters. The van der Waals surface area contributed by atoms with Crippen molar-refractivity contribution < 1.29 is 5.11 Å². The Morgan fingerprint density at radius 3 is 3.00 bits per heavy atom. The summed E-state index contributed by atoms with van der Waals surface area (Å²) in [6.07, 6.45) is 6.14. The highest BCUT2D eigenvalue weighted by molar-refractivity contribution is 7.15. The predicted octanol–water partition coefficient (Wildman–Crippen LogP) is 2.89. The maximum Gasteiger partial charge on any atom is 0.193 e. The van der Waals surface area contributed by atoms with Crippen molar-refractivity contribution in [2.24, 2.45) is 0 Å². The normalized spacial score (nSPS) is 11.7. The van der Waals surface area contributed by atoms with Gasteiger partial charge in [0, 0.05) is 34.9 Å². The molecule has 1 aromatic carbocycles. The van der Waals surface area contributed by atoms with E-state index >= 15 is 0 Å². The van der Waals surface area contributed by atoms with Crippen molar-refractivity contribution in [3.8, 4) is 0 Å². The standard InChI is InChI=1S/C15H13N3OS/c19-10-11-2-1-3-14-13(11)4-5-17(14)8-12-9-18-6-7-20-15(18)16-12/h1-7,9,19H,8,10H2. The second-order valence-electron chi connectivity index (χ2n) is 4.78. The number of aliphatic hydroxyl groups excluding tert-OH is 1. The van der Waals surface area contributed by atoms with E-state index in [0.29, 0.717) is 0 Å². The fourth-order valence-corrected chi connectivity index (χ4v) is 3.31. The molecule has 0 saturated carbocycles. The number of benzene rings is 1. The number of nitrogens with zero attached hydrogens (tertiary/aromatic N) is 3. The number of imidazole rings is 1. The predicted molar refractivity (Wildman–Crippen MR) is 80.0 cm³/mol. The zero-order valence-corrected chi connectivity index (χ0v) is 11.5. The van der Waals surface area contributed by atoms with Crippen molar-refractivity contribution in [1.29, 1.82) is 0 Å². The molecule has 0 aliphatic rings. The maximum atomic E-state index is 9.38. The molecule has 0 saturated heterocycles. The Morgan fingerprint density at radius 1 is 1.20 bits per heavy atom. The van der Waals surface area contributed by atoms with E-state index < -0.39 is 0 Å². The van der Waals surface area contributed by atoms with Crippen molar-refractivity contribution in [2.75, 3.05) is 0 Å². The van der Waals surface area contributed by atoms with E-state index in [1.165, 1.54) is 0 Å². The minimum atomic E-state index is 0.0710. The van der Waals surface area contributed by atoms with E-state index in [1.54, 1.807) is 11.3 Å². The van der Waals surface area contributed by atoms with Crippen LogP contribution in [-0.4, -0.2) is 19.1 Å². The number of aliphatic hydroxyl groups is 1. The Hall–Kier alpha value is -2.11. The number of thiazole rings is 1. The molecule has 3 aromatic heterocycles. The van der Waals surface area contributed by atoms with Crippen LogP contribution >= 0.6 is 11.3 Å². The molecule has 0 spiro atoms. The summed E-state index contributed by atoms with van der Waals surface area (Å²) in [6, 6.07) is 8.07. The van der Waals surface area contributed by atoms with Gasteiger partial charge in [-0.2, -0.15) is 0 Å². The van der Waals surface area contributed by atoms with Crippen molar-refractivity contribution in [2.45, 2.75) is 13.2 Å². The average Bonchev–Trinajstić information content (AvgIpc) is 3.13. The molecule has 4 nitrogen and oxygen atoms in total. The van der Waals surface area contributed by atoms with Crippen LogP contribution in [0.1, 0.15) is 11.3 Å². The molecular formula is C15H13N3OS. The van der Waals surface area contributed by atoms with E-state index in [2.05, 4.69) is 34.1 Å². The van der Waals surface area contributed by atoms with Gasteiger partial charge in [0.05, 0.1) is 18.8 Å². The fourth-order valence-electron chi connectivity index (χ4n) is 2.59. The smallest absolute Gasteiger partial charge is 0.193 e. The van der Waals surface area contributed by atoms with Crippen LogP contribution in [0.3, 0.4) is 0 Å². The van der Waals surface area contributed by atoms with E-state index in [-0.39, 0.29) is 6.61 Å². The highest BCUT2D eigenvalue weighted by atomic mass is 32.1. The molecule has 1 N–H and O–H groups in total. The third kappa shape index (κ3) is 1.75. The van der Waals surface area contributed by atoms with Gasteiger partial charge in [-0.05, 0) is 17.7 Å². The minimum Gasteiger partial charge on any atom is -0.392 e. The van der Waals surface area contributed by atoms with Crippen LogP contribution in [-0.2, 0) is 13.2 Å². The number of hydrogen-bond donors (Lipinski definition) is 1. The van der Waals surface area contributed by atoms with Gasteiger partial charge in [0.2, 0.25) is 0 Å². The number of hydrogen-bond acceptors (Lipinski definition) is 3. The second-order valence-corrected chi connectivity index (χ2v) is 5.65. The second kappa shape index (κ2) is 4.47. The molecule has 4 aromatic rings. The Balaban J connectivity index is 1.77. The first kappa shape index (κ1) is 11.7. The van der Waals surface area contributed by atoms with Crippen molar-refractivity contribution in [3.63, 3.8) is 0 Å². The van der Waals surface area contributed by atoms with Crippen LogP contribution in [0.15, 0.2) is 48.2 Å². The Labute approximate surface area is 119 Å². The van der Waals surface area contributed by atoms with E-state index in [1.807, 2.05) is 28.1 Å². The molecule has 0 unspecified atom stereocenters. The molecule has 0 bridgehead atoms. The third-order valence-corrected chi connectivity index (χ3v) is 4.32. The molecule has 100 valence electrons. The van der Waals surface area contributed by atoms with Gasteiger partial charge in [-0.15, -0.1) is 11.3 Å². The SMILES string of the molecule is OCc1cccc2c1ccn2Cc1cn2ccsc2n1. The molecular weight excluding hydrogens is 270 g/mol. The molecule has 0 radical (unpaired) electrons. The largest absolute Gasteiger partial charge is 0.392 e. The average molecular weight is 283 g/mol. The maximum absolute atomic E-state index is 9.38. The molecule has 0 fully saturated rings. The summed E-state index contributed by atoms with van der Waals surface area (Å²) in [5.74, 6) is 0. The van der Waals surface area contributed by atoms with Crippen LogP contribution < -0.4 is 0 Å². The van der Waals surface area contributed by atoms with Gasteiger partial charge in [0.15, 0.2) is 4.96 Å². The molecule has 5 heteroatoms. The Kier molecular flexibility index (Phi) is 2.61. The number of aromatic nitrogens is 3. The first-order valence-electron chi connectivity index (χ1n) is 6.44. The third-order valence-electron chi connectivity index (χ3n) is 3.55. The van der Waals surface area contributed by atoms with Crippen molar-refractivity contribution in [3.05, 3.63) is 59.5 Å².